The van der Waals surface area contributed by atoms with Gasteiger partial charge < -0.3 is 9.80 Å². The zero-order valence-corrected chi connectivity index (χ0v) is 13.4. The van der Waals surface area contributed by atoms with Gasteiger partial charge in [0.05, 0.1) is 13.1 Å². The first-order valence-electron chi connectivity index (χ1n) is 8.34. The van der Waals surface area contributed by atoms with E-state index in [0.717, 1.165) is 51.3 Å². The van der Waals surface area contributed by atoms with Crippen molar-refractivity contribution in [2.45, 2.75) is 32.2 Å². The third kappa shape index (κ3) is 4.28. The van der Waals surface area contributed by atoms with E-state index < -0.39 is 0 Å². The first-order valence-corrected chi connectivity index (χ1v) is 8.34. The predicted octanol–water partition coefficient (Wildman–Crippen LogP) is -0.148. The van der Waals surface area contributed by atoms with Gasteiger partial charge in [-0.15, -0.1) is 0 Å². The molecule has 1 N–H and O–H groups in total. The molecule has 0 saturated carbocycles. The molecule has 3 heterocycles. The molecular weight excluding hydrogens is 296 g/mol. The Balaban J connectivity index is 1.45. The molecule has 1 aromatic heterocycles. The standard InChI is InChI=1S/C15H24N6O2/c22-14-4-2-1-3-5-21(14)11-15(23)20-8-6-19(7-9-20)10-13-16-12-17-18-13/h12H,1-11H2,(H,16,17,18). The molecule has 2 fully saturated rings. The molecule has 2 saturated heterocycles. The van der Waals surface area contributed by atoms with Crippen LogP contribution in [0.2, 0.25) is 0 Å². The Hall–Kier alpha value is -1.96. The fourth-order valence-corrected chi connectivity index (χ4v) is 3.14. The molecule has 0 atom stereocenters. The smallest absolute Gasteiger partial charge is 0.242 e. The number of aromatic amines is 1. The zero-order chi connectivity index (χ0) is 16.1. The van der Waals surface area contributed by atoms with Crippen LogP contribution in [0.4, 0.5) is 0 Å². The van der Waals surface area contributed by atoms with E-state index in [4.69, 9.17) is 0 Å². The van der Waals surface area contributed by atoms with Crippen molar-refractivity contribution in [3.63, 3.8) is 0 Å². The summed E-state index contributed by atoms with van der Waals surface area (Å²) in [5.41, 5.74) is 0. The maximum absolute atomic E-state index is 12.4. The summed E-state index contributed by atoms with van der Waals surface area (Å²) in [6.07, 6.45) is 5.12. The normalized spacial score (nSPS) is 20.6. The third-order valence-corrected chi connectivity index (χ3v) is 4.56. The van der Waals surface area contributed by atoms with Crippen molar-refractivity contribution in [3.8, 4) is 0 Å². The van der Waals surface area contributed by atoms with Gasteiger partial charge in [0.15, 0.2) is 0 Å². The number of nitrogens with zero attached hydrogens (tertiary/aromatic N) is 5. The molecule has 3 rings (SSSR count). The lowest BCUT2D eigenvalue weighted by molar-refractivity contribution is -0.141. The van der Waals surface area contributed by atoms with E-state index in [-0.39, 0.29) is 18.4 Å². The van der Waals surface area contributed by atoms with Crippen molar-refractivity contribution in [2.75, 3.05) is 39.3 Å². The predicted molar refractivity (Wildman–Crippen MR) is 83.3 cm³/mol. The van der Waals surface area contributed by atoms with Crippen molar-refractivity contribution >= 4 is 11.8 Å². The van der Waals surface area contributed by atoms with Crippen LogP contribution in [0.3, 0.4) is 0 Å². The fourth-order valence-electron chi connectivity index (χ4n) is 3.14. The summed E-state index contributed by atoms with van der Waals surface area (Å²) in [4.78, 5) is 34.4. The molecule has 126 valence electrons. The van der Waals surface area contributed by atoms with E-state index in [2.05, 4.69) is 20.1 Å². The topological polar surface area (TPSA) is 85.4 Å². The van der Waals surface area contributed by atoms with Crippen molar-refractivity contribution in [1.82, 2.24) is 29.9 Å². The summed E-state index contributed by atoms with van der Waals surface area (Å²) < 4.78 is 0. The van der Waals surface area contributed by atoms with E-state index in [0.29, 0.717) is 19.5 Å². The molecule has 0 aliphatic carbocycles. The Morgan fingerprint density at radius 3 is 2.70 bits per heavy atom. The van der Waals surface area contributed by atoms with Gasteiger partial charge in [-0.2, -0.15) is 5.10 Å². The lowest BCUT2D eigenvalue weighted by atomic mass is 10.2. The summed E-state index contributed by atoms with van der Waals surface area (Å²) in [6, 6.07) is 0. The lowest BCUT2D eigenvalue weighted by Crippen LogP contribution is -2.51. The first kappa shape index (κ1) is 15.9. The monoisotopic (exact) mass is 320 g/mol. The molecule has 0 radical (unpaired) electrons. The minimum absolute atomic E-state index is 0.0690. The van der Waals surface area contributed by atoms with Gasteiger partial charge >= 0.3 is 0 Å². The minimum atomic E-state index is 0.0690. The van der Waals surface area contributed by atoms with Gasteiger partial charge in [-0.3, -0.25) is 19.6 Å². The summed E-state index contributed by atoms with van der Waals surface area (Å²) in [7, 11) is 0. The molecule has 8 heteroatoms. The number of H-pyrrole nitrogens is 1. The maximum atomic E-state index is 12.4. The molecule has 8 nitrogen and oxygen atoms in total. The Kier molecular flexibility index (Phi) is 5.22. The second kappa shape index (κ2) is 7.54. The van der Waals surface area contributed by atoms with Crippen LogP contribution < -0.4 is 0 Å². The summed E-state index contributed by atoms with van der Waals surface area (Å²) in [6.45, 7) is 4.73. The molecule has 0 spiro atoms. The molecule has 1 aromatic rings. The van der Waals surface area contributed by atoms with Gasteiger partial charge in [-0.05, 0) is 12.8 Å². The van der Waals surface area contributed by atoms with Gasteiger partial charge in [-0.1, -0.05) is 6.42 Å². The van der Waals surface area contributed by atoms with Crippen LogP contribution in [-0.4, -0.2) is 81.0 Å². The van der Waals surface area contributed by atoms with E-state index in [1.54, 1.807) is 4.90 Å². The van der Waals surface area contributed by atoms with Crippen LogP contribution in [0.25, 0.3) is 0 Å². The van der Waals surface area contributed by atoms with Crippen LogP contribution >= 0.6 is 0 Å². The molecule has 0 unspecified atom stereocenters. The van der Waals surface area contributed by atoms with E-state index in [9.17, 15) is 9.59 Å². The largest absolute Gasteiger partial charge is 0.339 e. The molecule has 2 amide bonds. The molecule has 0 aromatic carbocycles. The maximum Gasteiger partial charge on any atom is 0.242 e. The molecular formula is C15H24N6O2. The Morgan fingerprint density at radius 1 is 1.13 bits per heavy atom. The molecule has 2 aliphatic heterocycles. The number of piperazine rings is 1. The van der Waals surface area contributed by atoms with Crippen molar-refractivity contribution in [2.24, 2.45) is 0 Å². The highest BCUT2D eigenvalue weighted by Crippen LogP contribution is 2.12. The fraction of sp³-hybridized carbons (Fsp3) is 0.733. The van der Waals surface area contributed by atoms with Crippen LogP contribution in [0.5, 0.6) is 0 Å². The van der Waals surface area contributed by atoms with Crippen LogP contribution in [-0.2, 0) is 16.1 Å². The van der Waals surface area contributed by atoms with Crippen LogP contribution in [0.15, 0.2) is 6.33 Å². The second-order valence-corrected chi connectivity index (χ2v) is 6.22. The van der Waals surface area contributed by atoms with Gasteiger partial charge in [0, 0.05) is 39.1 Å². The minimum Gasteiger partial charge on any atom is -0.339 e. The van der Waals surface area contributed by atoms with Crippen molar-refractivity contribution < 1.29 is 9.59 Å². The number of aromatic nitrogens is 3. The number of carbonyl (C=O) groups excluding carboxylic acids is 2. The number of hydrogen-bond donors (Lipinski definition) is 1. The summed E-state index contributed by atoms with van der Waals surface area (Å²) >= 11 is 0. The van der Waals surface area contributed by atoms with Crippen LogP contribution in [0, 0.1) is 0 Å². The number of amides is 2. The van der Waals surface area contributed by atoms with Gasteiger partial charge in [0.2, 0.25) is 11.8 Å². The summed E-state index contributed by atoms with van der Waals surface area (Å²) in [5, 5.41) is 6.70. The van der Waals surface area contributed by atoms with Crippen molar-refractivity contribution in [3.05, 3.63) is 12.2 Å². The molecule has 2 aliphatic rings. The number of likely N-dealkylation sites (tertiary alicyclic amines) is 1. The van der Waals surface area contributed by atoms with Gasteiger partial charge in [-0.25, -0.2) is 4.98 Å². The van der Waals surface area contributed by atoms with Gasteiger partial charge in [0.25, 0.3) is 0 Å². The van der Waals surface area contributed by atoms with Crippen molar-refractivity contribution in [1.29, 1.82) is 0 Å². The zero-order valence-electron chi connectivity index (χ0n) is 13.4. The van der Waals surface area contributed by atoms with E-state index >= 15 is 0 Å². The lowest BCUT2D eigenvalue weighted by Gasteiger charge is -2.35. The third-order valence-electron chi connectivity index (χ3n) is 4.56. The highest BCUT2D eigenvalue weighted by molar-refractivity contribution is 5.85. The van der Waals surface area contributed by atoms with Crippen LogP contribution in [0.1, 0.15) is 31.5 Å². The highest BCUT2D eigenvalue weighted by Gasteiger charge is 2.25. The Morgan fingerprint density at radius 2 is 1.96 bits per heavy atom. The number of nitrogens with one attached hydrogen (secondary N) is 1. The molecule has 0 bridgehead atoms. The Labute approximate surface area is 135 Å². The highest BCUT2D eigenvalue weighted by atomic mass is 16.2. The number of hydrogen-bond acceptors (Lipinski definition) is 5. The van der Waals surface area contributed by atoms with E-state index in [1.807, 2.05) is 4.90 Å². The number of carbonyl (C=O) groups is 2. The second-order valence-electron chi connectivity index (χ2n) is 6.22. The number of rotatable bonds is 4. The molecule has 23 heavy (non-hydrogen) atoms. The average molecular weight is 320 g/mol. The Bertz CT molecular complexity index is 524. The summed E-state index contributed by atoms with van der Waals surface area (Å²) in [5.74, 6) is 1.04. The first-order chi connectivity index (χ1) is 11.2. The van der Waals surface area contributed by atoms with E-state index in [1.165, 1.54) is 6.33 Å². The SMILES string of the molecule is O=C(CN1CCCCCC1=O)N1CCN(Cc2ncn[nH]2)CC1. The quantitative estimate of drug-likeness (QED) is 0.834. The average Bonchev–Trinajstić information content (AvgIpc) is 2.98. The van der Waals surface area contributed by atoms with Gasteiger partial charge in [0.1, 0.15) is 12.2 Å².